The number of rotatable bonds is 5. The third kappa shape index (κ3) is 4.35. The van der Waals surface area contributed by atoms with Gasteiger partial charge in [0.2, 0.25) is 11.8 Å². The topological polar surface area (TPSA) is 84.2 Å². The van der Waals surface area contributed by atoms with Crippen LogP contribution in [0.15, 0.2) is 18.2 Å². The molecule has 0 aliphatic rings. The van der Waals surface area contributed by atoms with Crippen LogP contribution in [0.3, 0.4) is 0 Å². The summed E-state index contributed by atoms with van der Waals surface area (Å²) in [5.74, 6) is -0.236. The number of carbonyl (C=O) groups excluding carboxylic acids is 2. The highest BCUT2D eigenvalue weighted by Gasteiger charge is 2.19. The van der Waals surface area contributed by atoms with Crippen LogP contribution in [0.2, 0.25) is 0 Å². The molecule has 0 saturated carbocycles. The van der Waals surface area contributed by atoms with E-state index in [-0.39, 0.29) is 17.7 Å². The van der Waals surface area contributed by atoms with Crippen molar-refractivity contribution in [2.75, 3.05) is 10.6 Å². The molecule has 2 amide bonds. The molecule has 0 aromatic heterocycles. The molecule has 0 heterocycles. The summed E-state index contributed by atoms with van der Waals surface area (Å²) in [5, 5.41) is 5.51. The van der Waals surface area contributed by atoms with Crippen LogP contribution in [0.25, 0.3) is 0 Å². The molecule has 0 fully saturated rings. The summed E-state index contributed by atoms with van der Waals surface area (Å²) in [5.41, 5.74) is 8.14. The Morgan fingerprint density at radius 3 is 2.50 bits per heavy atom. The van der Waals surface area contributed by atoms with Crippen molar-refractivity contribution in [3.63, 3.8) is 0 Å². The van der Waals surface area contributed by atoms with Gasteiger partial charge in [-0.1, -0.05) is 26.3 Å². The molecule has 0 unspecified atom stereocenters. The number of benzene rings is 1. The maximum Gasteiger partial charge on any atom is 0.241 e. The molecule has 5 heteroatoms. The van der Waals surface area contributed by atoms with Gasteiger partial charge in [0.1, 0.15) is 0 Å². The van der Waals surface area contributed by atoms with E-state index in [9.17, 15) is 9.59 Å². The molecule has 0 bridgehead atoms. The molecular weight excluding hydrogens is 254 g/mol. The van der Waals surface area contributed by atoms with E-state index in [2.05, 4.69) is 10.6 Å². The van der Waals surface area contributed by atoms with Crippen LogP contribution in [0.5, 0.6) is 0 Å². The molecule has 4 N–H and O–H groups in total. The molecule has 0 saturated heterocycles. The van der Waals surface area contributed by atoms with Crippen LogP contribution in [-0.4, -0.2) is 17.9 Å². The number of amides is 2. The van der Waals surface area contributed by atoms with Gasteiger partial charge in [0.15, 0.2) is 0 Å². The average Bonchev–Trinajstić information content (AvgIpc) is 2.40. The van der Waals surface area contributed by atoms with Crippen LogP contribution in [-0.2, 0) is 9.59 Å². The smallest absolute Gasteiger partial charge is 0.241 e. The molecule has 1 aromatic rings. The SMILES string of the molecule is CC[C@H](C)[C@H](N)C(=O)Nc1ccc(C)c(NC(C)=O)c1. The number of anilines is 2. The molecule has 2 atom stereocenters. The Hall–Kier alpha value is -1.88. The van der Waals surface area contributed by atoms with E-state index in [0.717, 1.165) is 12.0 Å². The predicted octanol–water partition coefficient (Wildman–Crippen LogP) is 2.27. The summed E-state index contributed by atoms with van der Waals surface area (Å²) < 4.78 is 0. The highest BCUT2D eigenvalue weighted by atomic mass is 16.2. The monoisotopic (exact) mass is 277 g/mol. The lowest BCUT2D eigenvalue weighted by molar-refractivity contribution is -0.118. The van der Waals surface area contributed by atoms with Crippen molar-refractivity contribution in [2.45, 2.75) is 40.2 Å². The second kappa shape index (κ2) is 7.05. The van der Waals surface area contributed by atoms with E-state index in [1.165, 1.54) is 6.92 Å². The third-order valence-electron chi connectivity index (χ3n) is 3.38. The zero-order chi connectivity index (χ0) is 15.3. The molecule has 1 rings (SSSR count). The molecule has 20 heavy (non-hydrogen) atoms. The largest absolute Gasteiger partial charge is 0.326 e. The normalized spacial score (nSPS) is 13.4. The Balaban J connectivity index is 2.82. The molecular formula is C15H23N3O2. The first-order valence-electron chi connectivity index (χ1n) is 6.79. The van der Waals surface area contributed by atoms with Gasteiger partial charge in [-0.3, -0.25) is 9.59 Å². The quantitative estimate of drug-likeness (QED) is 0.772. The van der Waals surface area contributed by atoms with Gasteiger partial charge in [0, 0.05) is 18.3 Å². The number of hydrogen-bond donors (Lipinski definition) is 3. The minimum absolute atomic E-state index is 0.121. The van der Waals surface area contributed by atoms with Crippen molar-refractivity contribution in [3.8, 4) is 0 Å². The van der Waals surface area contributed by atoms with Gasteiger partial charge in [0.05, 0.1) is 6.04 Å². The Morgan fingerprint density at radius 1 is 1.30 bits per heavy atom. The van der Waals surface area contributed by atoms with Crippen LogP contribution in [0, 0.1) is 12.8 Å². The van der Waals surface area contributed by atoms with E-state index in [1.54, 1.807) is 12.1 Å². The fourth-order valence-corrected chi connectivity index (χ4v) is 1.76. The Kier molecular flexibility index (Phi) is 5.70. The summed E-state index contributed by atoms with van der Waals surface area (Å²) in [7, 11) is 0. The highest BCUT2D eigenvalue weighted by molar-refractivity contribution is 5.96. The number of carbonyl (C=O) groups is 2. The second-order valence-corrected chi connectivity index (χ2v) is 5.11. The Labute approximate surface area is 119 Å². The maximum absolute atomic E-state index is 12.0. The van der Waals surface area contributed by atoms with Crippen molar-refractivity contribution < 1.29 is 9.59 Å². The van der Waals surface area contributed by atoms with E-state index in [1.807, 2.05) is 26.8 Å². The van der Waals surface area contributed by atoms with Crippen molar-refractivity contribution in [3.05, 3.63) is 23.8 Å². The van der Waals surface area contributed by atoms with Crippen LogP contribution >= 0.6 is 0 Å². The van der Waals surface area contributed by atoms with E-state index in [0.29, 0.717) is 11.4 Å². The van der Waals surface area contributed by atoms with Crippen molar-refractivity contribution in [1.82, 2.24) is 0 Å². The minimum Gasteiger partial charge on any atom is -0.326 e. The summed E-state index contributed by atoms with van der Waals surface area (Å²) in [6.07, 6.45) is 0.847. The van der Waals surface area contributed by atoms with Gasteiger partial charge in [-0.15, -0.1) is 0 Å². The Bertz CT molecular complexity index is 500. The number of aryl methyl sites for hydroxylation is 1. The fourth-order valence-electron chi connectivity index (χ4n) is 1.76. The number of nitrogens with one attached hydrogen (secondary N) is 2. The molecule has 5 nitrogen and oxygen atoms in total. The molecule has 0 aliphatic heterocycles. The van der Waals surface area contributed by atoms with Crippen LogP contribution in [0.4, 0.5) is 11.4 Å². The summed E-state index contributed by atoms with van der Waals surface area (Å²) >= 11 is 0. The summed E-state index contributed by atoms with van der Waals surface area (Å²) in [6.45, 7) is 7.28. The number of nitrogens with two attached hydrogens (primary N) is 1. The van der Waals surface area contributed by atoms with Crippen LogP contribution in [0.1, 0.15) is 32.8 Å². The first-order chi connectivity index (χ1) is 9.35. The fraction of sp³-hybridized carbons (Fsp3) is 0.467. The maximum atomic E-state index is 12.0. The average molecular weight is 277 g/mol. The molecule has 0 aliphatic carbocycles. The van der Waals surface area contributed by atoms with Gasteiger partial charge < -0.3 is 16.4 Å². The van der Waals surface area contributed by atoms with Crippen LogP contribution < -0.4 is 16.4 Å². The first kappa shape index (κ1) is 16.2. The van der Waals surface area contributed by atoms with Gasteiger partial charge >= 0.3 is 0 Å². The lowest BCUT2D eigenvalue weighted by Gasteiger charge is -2.18. The first-order valence-corrected chi connectivity index (χ1v) is 6.79. The zero-order valence-electron chi connectivity index (χ0n) is 12.5. The zero-order valence-corrected chi connectivity index (χ0v) is 12.5. The number of hydrogen-bond acceptors (Lipinski definition) is 3. The standard InChI is InChI=1S/C15H23N3O2/c1-5-9(2)14(16)15(20)18-12-7-6-10(3)13(8-12)17-11(4)19/h6-9,14H,5,16H2,1-4H3,(H,17,19)(H,18,20)/t9-,14-/m0/s1. The van der Waals surface area contributed by atoms with Gasteiger partial charge in [-0.25, -0.2) is 0 Å². The van der Waals surface area contributed by atoms with Crippen molar-refractivity contribution >= 4 is 23.2 Å². The van der Waals surface area contributed by atoms with Gasteiger partial charge in [-0.05, 0) is 30.5 Å². The Morgan fingerprint density at radius 2 is 1.95 bits per heavy atom. The molecule has 0 radical (unpaired) electrons. The van der Waals surface area contributed by atoms with Crippen molar-refractivity contribution in [2.24, 2.45) is 11.7 Å². The second-order valence-electron chi connectivity index (χ2n) is 5.11. The highest BCUT2D eigenvalue weighted by Crippen LogP contribution is 2.20. The molecule has 0 spiro atoms. The van der Waals surface area contributed by atoms with Gasteiger partial charge in [0.25, 0.3) is 0 Å². The lowest BCUT2D eigenvalue weighted by atomic mass is 9.99. The van der Waals surface area contributed by atoms with E-state index in [4.69, 9.17) is 5.73 Å². The predicted molar refractivity (Wildman–Crippen MR) is 81.5 cm³/mol. The molecule has 110 valence electrons. The summed E-state index contributed by atoms with van der Waals surface area (Å²) in [4.78, 5) is 23.1. The molecule has 1 aromatic carbocycles. The van der Waals surface area contributed by atoms with E-state index < -0.39 is 6.04 Å². The third-order valence-corrected chi connectivity index (χ3v) is 3.38. The van der Waals surface area contributed by atoms with Gasteiger partial charge in [-0.2, -0.15) is 0 Å². The minimum atomic E-state index is -0.537. The van der Waals surface area contributed by atoms with E-state index >= 15 is 0 Å². The summed E-state index contributed by atoms with van der Waals surface area (Å²) in [6, 6.07) is 4.83. The lowest BCUT2D eigenvalue weighted by Crippen LogP contribution is -2.40. The van der Waals surface area contributed by atoms with Crippen molar-refractivity contribution in [1.29, 1.82) is 0 Å².